The van der Waals surface area contributed by atoms with E-state index in [1.54, 1.807) is 12.1 Å². The highest BCUT2D eigenvalue weighted by Gasteiger charge is 2.01. The van der Waals surface area contributed by atoms with Gasteiger partial charge in [0, 0.05) is 26.2 Å². The minimum atomic E-state index is 0.0564. The Balaban J connectivity index is 2.17. The number of benzene rings is 1. The molecule has 1 aromatic carbocycles. The van der Waals surface area contributed by atoms with Gasteiger partial charge in [-0.3, -0.25) is 4.79 Å². The monoisotopic (exact) mass is 260 g/mol. The van der Waals surface area contributed by atoms with Crippen molar-refractivity contribution < 1.29 is 9.53 Å². The molecule has 0 radical (unpaired) electrons. The fourth-order valence-corrected chi connectivity index (χ4v) is 1.64. The van der Waals surface area contributed by atoms with Gasteiger partial charge in [-0.2, -0.15) is 5.26 Å². The number of carbonyl (C=O) groups is 1. The predicted molar refractivity (Wildman–Crippen MR) is 73.6 cm³/mol. The highest BCUT2D eigenvalue weighted by molar-refractivity contribution is 5.76. The summed E-state index contributed by atoms with van der Waals surface area (Å²) in [5.41, 5.74) is 1.72. The first-order chi connectivity index (χ1) is 9.26. The van der Waals surface area contributed by atoms with Crippen molar-refractivity contribution in [1.29, 1.82) is 5.26 Å². The predicted octanol–water partition coefficient (Wildman–Crippen LogP) is 2.03. The van der Waals surface area contributed by atoms with E-state index in [0.29, 0.717) is 38.2 Å². The quantitative estimate of drug-likeness (QED) is 0.727. The molecule has 0 aliphatic carbocycles. The minimum absolute atomic E-state index is 0.0564. The van der Waals surface area contributed by atoms with Crippen LogP contribution in [0.2, 0.25) is 0 Å². The molecular weight excluding hydrogens is 240 g/mol. The Morgan fingerprint density at radius 1 is 1.37 bits per heavy atom. The Labute approximate surface area is 114 Å². The number of nitriles is 1. The molecule has 1 N–H and O–H groups in total. The maximum Gasteiger partial charge on any atom is 0.220 e. The van der Waals surface area contributed by atoms with E-state index in [1.807, 2.05) is 19.1 Å². The van der Waals surface area contributed by atoms with E-state index in [1.165, 1.54) is 0 Å². The molecule has 1 rings (SSSR count). The van der Waals surface area contributed by atoms with Crippen LogP contribution < -0.4 is 5.32 Å². The molecule has 0 saturated carbocycles. The molecule has 0 unspecified atom stereocenters. The van der Waals surface area contributed by atoms with Gasteiger partial charge in [0.2, 0.25) is 5.91 Å². The fraction of sp³-hybridized carbons (Fsp3) is 0.467. The van der Waals surface area contributed by atoms with Crippen molar-refractivity contribution in [2.24, 2.45) is 0 Å². The SMILES string of the molecule is CCOCCCNC(=O)CCc1ccc(C#N)cc1. The van der Waals surface area contributed by atoms with Crippen LogP contribution in [0.15, 0.2) is 24.3 Å². The lowest BCUT2D eigenvalue weighted by Crippen LogP contribution is -2.25. The first-order valence-electron chi connectivity index (χ1n) is 6.59. The normalized spacial score (nSPS) is 9.89. The summed E-state index contributed by atoms with van der Waals surface area (Å²) in [6.07, 6.45) is 2.01. The molecule has 102 valence electrons. The molecule has 4 heteroatoms. The zero-order chi connectivity index (χ0) is 13.9. The number of hydrogen-bond acceptors (Lipinski definition) is 3. The largest absolute Gasteiger partial charge is 0.382 e. The van der Waals surface area contributed by atoms with Crippen LogP contribution in [0.3, 0.4) is 0 Å². The average molecular weight is 260 g/mol. The van der Waals surface area contributed by atoms with E-state index in [-0.39, 0.29) is 5.91 Å². The average Bonchev–Trinajstić information content (AvgIpc) is 2.45. The maximum absolute atomic E-state index is 11.6. The van der Waals surface area contributed by atoms with Gasteiger partial charge in [-0.05, 0) is 37.5 Å². The number of amides is 1. The summed E-state index contributed by atoms with van der Waals surface area (Å²) in [5, 5.41) is 11.5. The molecule has 4 nitrogen and oxygen atoms in total. The van der Waals surface area contributed by atoms with E-state index < -0.39 is 0 Å². The van der Waals surface area contributed by atoms with Crippen molar-refractivity contribution in [3.63, 3.8) is 0 Å². The number of nitrogens with one attached hydrogen (secondary N) is 1. The molecular formula is C15H20N2O2. The van der Waals surface area contributed by atoms with Crippen LogP contribution >= 0.6 is 0 Å². The molecule has 1 amide bonds. The van der Waals surface area contributed by atoms with Crippen LogP contribution in [0.1, 0.15) is 30.9 Å². The summed E-state index contributed by atoms with van der Waals surface area (Å²) in [5.74, 6) is 0.0564. The van der Waals surface area contributed by atoms with Gasteiger partial charge in [0.25, 0.3) is 0 Å². The van der Waals surface area contributed by atoms with E-state index in [2.05, 4.69) is 11.4 Å². The van der Waals surface area contributed by atoms with Crippen molar-refractivity contribution in [2.75, 3.05) is 19.8 Å². The van der Waals surface area contributed by atoms with Gasteiger partial charge < -0.3 is 10.1 Å². The zero-order valence-corrected chi connectivity index (χ0v) is 11.3. The molecule has 0 fully saturated rings. The van der Waals surface area contributed by atoms with Crippen molar-refractivity contribution in [2.45, 2.75) is 26.2 Å². The highest BCUT2D eigenvalue weighted by atomic mass is 16.5. The third kappa shape index (κ3) is 6.58. The molecule has 0 bridgehead atoms. The lowest BCUT2D eigenvalue weighted by Gasteiger charge is -2.05. The second-order valence-corrected chi connectivity index (χ2v) is 4.21. The van der Waals surface area contributed by atoms with Crippen LogP contribution in [-0.4, -0.2) is 25.7 Å². The third-order valence-corrected chi connectivity index (χ3v) is 2.72. The van der Waals surface area contributed by atoms with Crippen LogP contribution in [0, 0.1) is 11.3 Å². The number of ether oxygens (including phenoxy) is 1. The zero-order valence-electron chi connectivity index (χ0n) is 11.3. The lowest BCUT2D eigenvalue weighted by atomic mass is 10.1. The molecule has 0 spiro atoms. The van der Waals surface area contributed by atoms with Gasteiger partial charge in [-0.15, -0.1) is 0 Å². The number of hydrogen-bond donors (Lipinski definition) is 1. The molecule has 0 aromatic heterocycles. The van der Waals surface area contributed by atoms with E-state index in [0.717, 1.165) is 12.0 Å². The van der Waals surface area contributed by atoms with E-state index >= 15 is 0 Å². The molecule has 0 saturated heterocycles. The van der Waals surface area contributed by atoms with Crippen LogP contribution in [0.25, 0.3) is 0 Å². The van der Waals surface area contributed by atoms with E-state index in [4.69, 9.17) is 10.00 Å². The first-order valence-corrected chi connectivity index (χ1v) is 6.59. The molecule has 0 heterocycles. The molecule has 0 atom stereocenters. The van der Waals surface area contributed by atoms with Crippen LogP contribution in [0.4, 0.5) is 0 Å². The smallest absolute Gasteiger partial charge is 0.220 e. The minimum Gasteiger partial charge on any atom is -0.382 e. The van der Waals surface area contributed by atoms with Crippen LogP contribution in [-0.2, 0) is 16.0 Å². The first kappa shape index (κ1) is 15.2. The number of rotatable bonds is 8. The molecule has 0 aliphatic rings. The summed E-state index contributed by atoms with van der Waals surface area (Å²) in [4.78, 5) is 11.6. The molecule has 19 heavy (non-hydrogen) atoms. The van der Waals surface area contributed by atoms with Crippen molar-refractivity contribution in [1.82, 2.24) is 5.32 Å². The second kappa shape index (κ2) is 9.12. The fourth-order valence-electron chi connectivity index (χ4n) is 1.64. The van der Waals surface area contributed by atoms with Gasteiger partial charge in [-0.25, -0.2) is 0 Å². The van der Waals surface area contributed by atoms with Crippen molar-refractivity contribution >= 4 is 5.91 Å². The van der Waals surface area contributed by atoms with Crippen molar-refractivity contribution in [3.05, 3.63) is 35.4 Å². The highest BCUT2D eigenvalue weighted by Crippen LogP contribution is 2.05. The summed E-state index contributed by atoms with van der Waals surface area (Å²) >= 11 is 0. The van der Waals surface area contributed by atoms with Gasteiger partial charge >= 0.3 is 0 Å². The topological polar surface area (TPSA) is 62.1 Å². The van der Waals surface area contributed by atoms with Gasteiger partial charge in [0.05, 0.1) is 11.6 Å². The summed E-state index contributed by atoms with van der Waals surface area (Å²) in [6, 6.07) is 9.40. The Hall–Kier alpha value is -1.86. The Kier molecular flexibility index (Phi) is 7.30. The maximum atomic E-state index is 11.6. The Morgan fingerprint density at radius 3 is 2.74 bits per heavy atom. The van der Waals surface area contributed by atoms with Crippen molar-refractivity contribution in [3.8, 4) is 6.07 Å². The number of aryl methyl sites for hydroxylation is 1. The standard InChI is InChI=1S/C15H20N2O2/c1-2-19-11-3-10-17-15(18)9-8-13-4-6-14(12-16)7-5-13/h4-7H,2-3,8-11H2,1H3,(H,17,18). The van der Waals surface area contributed by atoms with Gasteiger partial charge in [0.1, 0.15) is 0 Å². The Bertz CT molecular complexity index is 421. The summed E-state index contributed by atoms with van der Waals surface area (Å²) < 4.78 is 5.19. The van der Waals surface area contributed by atoms with Crippen LogP contribution in [0.5, 0.6) is 0 Å². The lowest BCUT2D eigenvalue weighted by molar-refractivity contribution is -0.121. The van der Waals surface area contributed by atoms with E-state index in [9.17, 15) is 4.79 Å². The summed E-state index contributed by atoms with van der Waals surface area (Å²) in [7, 11) is 0. The third-order valence-electron chi connectivity index (χ3n) is 2.72. The molecule has 1 aromatic rings. The second-order valence-electron chi connectivity index (χ2n) is 4.21. The van der Waals surface area contributed by atoms with Gasteiger partial charge in [0.15, 0.2) is 0 Å². The number of carbonyl (C=O) groups excluding carboxylic acids is 1. The summed E-state index contributed by atoms with van der Waals surface area (Å²) in [6.45, 7) is 4.02. The molecule has 0 aliphatic heterocycles. The number of nitrogens with zero attached hydrogens (tertiary/aromatic N) is 1. The van der Waals surface area contributed by atoms with Gasteiger partial charge in [-0.1, -0.05) is 12.1 Å². The Morgan fingerprint density at radius 2 is 2.11 bits per heavy atom.